The van der Waals surface area contributed by atoms with E-state index in [1.54, 1.807) is 7.11 Å². The normalized spacial score (nSPS) is 15.6. The van der Waals surface area contributed by atoms with Crippen LogP contribution in [0.25, 0.3) is 0 Å². The first-order valence-corrected chi connectivity index (χ1v) is 8.44. The third-order valence-corrected chi connectivity index (χ3v) is 5.47. The number of nitrogens with two attached hydrogens (primary N) is 1. The van der Waals surface area contributed by atoms with Crippen LogP contribution in [0, 0.1) is 0 Å². The van der Waals surface area contributed by atoms with Gasteiger partial charge in [-0.2, -0.15) is 0 Å². The third kappa shape index (κ3) is 2.34. The fourth-order valence-corrected chi connectivity index (χ4v) is 4.06. The fourth-order valence-electron chi connectivity index (χ4n) is 3.71. The van der Waals surface area contributed by atoms with Gasteiger partial charge in [0.05, 0.1) is 24.2 Å². The quantitative estimate of drug-likeness (QED) is 0.789. The van der Waals surface area contributed by atoms with Crippen molar-refractivity contribution in [3.8, 4) is 5.75 Å². The van der Waals surface area contributed by atoms with Gasteiger partial charge in [0.25, 0.3) is 0 Å². The number of fused-ring (bicyclic) bond motifs is 1. The van der Waals surface area contributed by atoms with E-state index in [-0.39, 0.29) is 5.41 Å². The summed E-state index contributed by atoms with van der Waals surface area (Å²) in [5.41, 5.74) is 10.3. The summed E-state index contributed by atoms with van der Waals surface area (Å²) < 4.78 is 5.64. The molecule has 0 amide bonds. The molecule has 2 N–H and O–H groups in total. The van der Waals surface area contributed by atoms with E-state index in [0.717, 1.165) is 47.2 Å². The Morgan fingerprint density at radius 3 is 2.48 bits per heavy atom. The summed E-state index contributed by atoms with van der Waals surface area (Å²) >= 11 is 6.62. The highest BCUT2D eigenvalue weighted by atomic mass is 35.5. The molecule has 0 fully saturated rings. The largest absolute Gasteiger partial charge is 0.495 e. The Morgan fingerprint density at radius 1 is 1.17 bits per heavy atom. The topological polar surface area (TPSA) is 38.5 Å². The molecule has 0 unspecified atom stereocenters. The number of rotatable bonds is 4. The average Bonchev–Trinajstić information content (AvgIpc) is 2.92. The number of ether oxygens (including phenoxy) is 1. The number of benzene rings is 2. The van der Waals surface area contributed by atoms with Crippen molar-refractivity contribution in [1.82, 2.24) is 0 Å². The molecular weight excluding hydrogens is 308 g/mol. The zero-order valence-electron chi connectivity index (χ0n) is 13.9. The van der Waals surface area contributed by atoms with Crippen LogP contribution in [0.2, 0.25) is 5.02 Å². The maximum Gasteiger partial charge on any atom is 0.142 e. The van der Waals surface area contributed by atoms with Crippen LogP contribution in [-0.2, 0) is 5.41 Å². The highest BCUT2D eigenvalue weighted by molar-refractivity contribution is 6.32. The molecule has 1 aliphatic heterocycles. The van der Waals surface area contributed by atoms with E-state index in [9.17, 15) is 0 Å². The maximum atomic E-state index is 6.62. The molecule has 1 heterocycles. The number of nitrogen functional groups attached to an aromatic ring is 1. The second-order valence-corrected chi connectivity index (χ2v) is 6.51. The number of hydrogen-bond acceptors (Lipinski definition) is 3. The Bertz CT molecular complexity index is 725. The molecular formula is C19H23ClN2O. The number of halogens is 1. The lowest BCUT2D eigenvalue weighted by atomic mass is 9.77. The minimum atomic E-state index is 0.0171. The summed E-state index contributed by atoms with van der Waals surface area (Å²) in [5.74, 6) is 0.844. The average molecular weight is 331 g/mol. The van der Waals surface area contributed by atoms with E-state index in [0.29, 0.717) is 0 Å². The molecule has 2 aromatic carbocycles. The fraction of sp³-hybridized carbons (Fsp3) is 0.368. The summed E-state index contributed by atoms with van der Waals surface area (Å²) in [4.78, 5) is 2.27. The summed E-state index contributed by atoms with van der Waals surface area (Å²) in [7, 11) is 1.70. The predicted molar refractivity (Wildman–Crippen MR) is 98.1 cm³/mol. The Labute approximate surface area is 143 Å². The Morgan fingerprint density at radius 2 is 1.87 bits per heavy atom. The molecule has 3 nitrogen and oxygen atoms in total. The first kappa shape index (κ1) is 16.0. The van der Waals surface area contributed by atoms with Crippen LogP contribution in [0.5, 0.6) is 5.75 Å². The van der Waals surface area contributed by atoms with Crippen LogP contribution >= 0.6 is 11.6 Å². The Kier molecular flexibility index (Phi) is 4.15. The van der Waals surface area contributed by atoms with E-state index >= 15 is 0 Å². The van der Waals surface area contributed by atoms with Crippen molar-refractivity contribution in [3.05, 3.63) is 47.0 Å². The molecule has 122 valence electrons. The van der Waals surface area contributed by atoms with Crippen molar-refractivity contribution in [2.24, 2.45) is 0 Å². The number of methoxy groups -OCH3 is 1. The number of hydrogen-bond donors (Lipinski definition) is 1. The Hall–Kier alpha value is -1.87. The van der Waals surface area contributed by atoms with Gasteiger partial charge >= 0.3 is 0 Å². The first-order chi connectivity index (χ1) is 11.1. The summed E-state index contributed by atoms with van der Waals surface area (Å²) in [6.07, 6.45) is 2.04. The van der Waals surface area contributed by atoms with E-state index in [2.05, 4.69) is 24.8 Å². The van der Waals surface area contributed by atoms with Crippen molar-refractivity contribution in [3.63, 3.8) is 0 Å². The Balaban J connectivity index is 2.29. The third-order valence-electron chi connectivity index (χ3n) is 5.15. The van der Waals surface area contributed by atoms with Gasteiger partial charge in [0.2, 0.25) is 0 Å². The standard InChI is InChI=1S/C19H23ClN2O/c1-4-19(5-2)12-22(15-9-7-6-8-14(15)21)18-16(23-3)11-10-13(20)17(18)19/h6-11H,4-5,12,21H2,1-3H3. The van der Waals surface area contributed by atoms with E-state index in [1.165, 1.54) is 5.56 Å². The molecule has 0 atom stereocenters. The van der Waals surface area contributed by atoms with Crippen LogP contribution in [0.15, 0.2) is 36.4 Å². The summed E-state index contributed by atoms with van der Waals surface area (Å²) in [6, 6.07) is 11.8. The van der Waals surface area contributed by atoms with Gasteiger partial charge in [-0.25, -0.2) is 0 Å². The van der Waals surface area contributed by atoms with E-state index in [4.69, 9.17) is 22.1 Å². The lowest BCUT2D eigenvalue weighted by Gasteiger charge is -2.29. The minimum absolute atomic E-state index is 0.0171. The monoisotopic (exact) mass is 330 g/mol. The van der Waals surface area contributed by atoms with Gasteiger partial charge in [-0.15, -0.1) is 0 Å². The molecule has 0 spiro atoms. The second kappa shape index (κ2) is 5.97. The van der Waals surface area contributed by atoms with Crippen LogP contribution in [-0.4, -0.2) is 13.7 Å². The molecule has 0 bridgehead atoms. The molecule has 23 heavy (non-hydrogen) atoms. The van der Waals surface area contributed by atoms with E-state index in [1.807, 2.05) is 30.3 Å². The van der Waals surface area contributed by atoms with Crippen LogP contribution in [0.1, 0.15) is 32.3 Å². The van der Waals surface area contributed by atoms with Gasteiger partial charge < -0.3 is 15.4 Å². The molecule has 0 aromatic heterocycles. The zero-order chi connectivity index (χ0) is 16.6. The smallest absolute Gasteiger partial charge is 0.142 e. The molecule has 0 aliphatic carbocycles. The van der Waals surface area contributed by atoms with Crippen LogP contribution in [0.4, 0.5) is 17.1 Å². The molecule has 4 heteroatoms. The number of para-hydroxylation sites is 2. The summed E-state index contributed by atoms with van der Waals surface area (Å²) in [5, 5.41) is 0.807. The molecule has 3 rings (SSSR count). The van der Waals surface area contributed by atoms with Crippen molar-refractivity contribution in [2.75, 3.05) is 24.3 Å². The lowest BCUT2D eigenvalue weighted by molar-refractivity contribution is 0.415. The van der Waals surface area contributed by atoms with Gasteiger partial charge in [-0.05, 0) is 37.1 Å². The van der Waals surface area contributed by atoms with Gasteiger partial charge in [-0.1, -0.05) is 37.6 Å². The lowest BCUT2D eigenvalue weighted by Crippen LogP contribution is -2.30. The van der Waals surface area contributed by atoms with Crippen LogP contribution in [0.3, 0.4) is 0 Å². The predicted octanol–water partition coefficient (Wildman–Crippen LogP) is 5.14. The molecule has 0 radical (unpaired) electrons. The van der Waals surface area contributed by atoms with Crippen LogP contribution < -0.4 is 15.4 Å². The van der Waals surface area contributed by atoms with Crippen molar-refractivity contribution < 1.29 is 4.74 Å². The number of anilines is 3. The zero-order valence-corrected chi connectivity index (χ0v) is 14.7. The SMILES string of the molecule is CCC1(CC)CN(c2ccccc2N)c2c(OC)ccc(Cl)c21. The van der Waals surface area contributed by atoms with Gasteiger partial charge in [0, 0.05) is 22.5 Å². The minimum Gasteiger partial charge on any atom is -0.495 e. The second-order valence-electron chi connectivity index (χ2n) is 6.11. The van der Waals surface area contributed by atoms with Crippen molar-refractivity contribution in [1.29, 1.82) is 0 Å². The highest BCUT2D eigenvalue weighted by Gasteiger charge is 2.44. The molecule has 0 saturated heterocycles. The summed E-state index contributed by atoms with van der Waals surface area (Å²) in [6.45, 7) is 5.31. The van der Waals surface area contributed by atoms with Gasteiger partial charge in [0.1, 0.15) is 5.75 Å². The molecule has 2 aromatic rings. The van der Waals surface area contributed by atoms with Crippen molar-refractivity contribution in [2.45, 2.75) is 32.1 Å². The van der Waals surface area contributed by atoms with Gasteiger partial charge in [0.15, 0.2) is 0 Å². The first-order valence-electron chi connectivity index (χ1n) is 8.07. The number of nitrogens with zero attached hydrogens (tertiary/aromatic N) is 1. The maximum absolute atomic E-state index is 6.62. The van der Waals surface area contributed by atoms with Crippen molar-refractivity contribution >= 4 is 28.7 Å². The van der Waals surface area contributed by atoms with Gasteiger partial charge in [-0.3, -0.25) is 0 Å². The van der Waals surface area contributed by atoms with E-state index < -0.39 is 0 Å². The molecule has 0 saturated carbocycles. The highest BCUT2D eigenvalue weighted by Crippen LogP contribution is 2.55. The molecule has 1 aliphatic rings.